The standard InChI is InChI=1S/C11H11NO4S/c1-8-12-6-11(17(8,14)15)7-16-10-4-2-9(13)3-5-10/h2-6,13H,7H2,1H3. The van der Waals surface area contributed by atoms with Crippen LogP contribution in [0, 0.1) is 0 Å². The van der Waals surface area contributed by atoms with Crippen molar-refractivity contribution in [1.29, 1.82) is 0 Å². The number of nitrogens with zero attached hydrogens (tertiary/aromatic N) is 1. The number of aliphatic imine (C=N–C) groups is 1. The first-order valence-electron chi connectivity index (χ1n) is 4.90. The van der Waals surface area contributed by atoms with E-state index in [9.17, 15) is 8.42 Å². The topological polar surface area (TPSA) is 76.0 Å². The van der Waals surface area contributed by atoms with E-state index in [-0.39, 0.29) is 22.3 Å². The molecular weight excluding hydrogens is 242 g/mol. The van der Waals surface area contributed by atoms with Gasteiger partial charge in [-0.1, -0.05) is 0 Å². The molecular formula is C11H11NO4S. The zero-order valence-corrected chi connectivity index (χ0v) is 9.94. The second-order valence-electron chi connectivity index (χ2n) is 3.53. The van der Waals surface area contributed by atoms with Crippen molar-refractivity contribution in [3.05, 3.63) is 35.4 Å². The summed E-state index contributed by atoms with van der Waals surface area (Å²) in [4.78, 5) is 3.89. The highest BCUT2D eigenvalue weighted by atomic mass is 32.2. The van der Waals surface area contributed by atoms with Crippen molar-refractivity contribution in [2.24, 2.45) is 4.99 Å². The van der Waals surface area contributed by atoms with Crippen LogP contribution in [0.3, 0.4) is 0 Å². The fourth-order valence-corrected chi connectivity index (χ4v) is 2.28. The Kier molecular flexibility index (Phi) is 2.89. The smallest absolute Gasteiger partial charge is 0.220 e. The van der Waals surface area contributed by atoms with E-state index >= 15 is 0 Å². The van der Waals surface area contributed by atoms with E-state index in [1.165, 1.54) is 25.3 Å². The largest absolute Gasteiger partial charge is 0.508 e. The van der Waals surface area contributed by atoms with Crippen molar-refractivity contribution in [3.8, 4) is 11.5 Å². The van der Waals surface area contributed by atoms with Gasteiger partial charge in [0.15, 0.2) is 0 Å². The SMILES string of the molecule is CC1=NC=C(COc2ccc(O)cc2)S1(=O)=O. The number of ether oxygens (including phenoxy) is 1. The van der Waals surface area contributed by atoms with Crippen molar-refractivity contribution in [1.82, 2.24) is 0 Å². The van der Waals surface area contributed by atoms with Crippen LogP contribution in [0.2, 0.25) is 0 Å². The van der Waals surface area contributed by atoms with E-state index in [1.807, 2.05) is 0 Å². The van der Waals surface area contributed by atoms with Gasteiger partial charge in [0, 0.05) is 6.20 Å². The Morgan fingerprint density at radius 3 is 2.47 bits per heavy atom. The Bertz CT molecular complexity index is 584. The summed E-state index contributed by atoms with van der Waals surface area (Å²) in [6, 6.07) is 6.06. The number of rotatable bonds is 3. The lowest BCUT2D eigenvalue weighted by molar-refractivity contribution is 0.357. The molecule has 1 aromatic rings. The number of phenolic OH excluding ortho intramolecular Hbond substituents is 1. The molecule has 5 nitrogen and oxygen atoms in total. The zero-order valence-electron chi connectivity index (χ0n) is 9.12. The first-order valence-corrected chi connectivity index (χ1v) is 6.39. The Morgan fingerprint density at radius 1 is 1.29 bits per heavy atom. The highest BCUT2D eigenvalue weighted by Crippen LogP contribution is 2.20. The van der Waals surface area contributed by atoms with Crippen LogP contribution in [-0.4, -0.2) is 25.2 Å². The zero-order chi connectivity index (χ0) is 12.5. The monoisotopic (exact) mass is 253 g/mol. The Balaban J connectivity index is 2.04. The van der Waals surface area contributed by atoms with Crippen molar-refractivity contribution in [3.63, 3.8) is 0 Å². The number of phenols is 1. The summed E-state index contributed by atoms with van der Waals surface area (Å²) >= 11 is 0. The van der Waals surface area contributed by atoms with Gasteiger partial charge in [0.05, 0.1) is 0 Å². The molecule has 1 aliphatic rings. The fourth-order valence-electron chi connectivity index (χ4n) is 1.30. The maximum atomic E-state index is 11.6. The van der Waals surface area contributed by atoms with Crippen LogP contribution in [0.1, 0.15) is 6.92 Å². The lowest BCUT2D eigenvalue weighted by Gasteiger charge is -2.06. The lowest BCUT2D eigenvalue weighted by Crippen LogP contribution is -2.14. The van der Waals surface area contributed by atoms with E-state index in [0.29, 0.717) is 5.75 Å². The molecule has 0 fully saturated rings. The molecule has 1 N–H and O–H groups in total. The number of sulfone groups is 1. The molecule has 6 heteroatoms. The molecule has 0 aliphatic carbocycles. The van der Waals surface area contributed by atoms with Gasteiger partial charge >= 0.3 is 0 Å². The normalized spacial score (nSPS) is 17.5. The second kappa shape index (κ2) is 4.21. The van der Waals surface area contributed by atoms with E-state index in [1.54, 1.807) is 12.1 Å². The van der Waals surface area contributed by atoms with Crippen LogP contribution in [0.25, 0.3) is 0 Å². The fraction of sp³-hybridized carbons (Fsp3) is 0.182. The molecule has 0 aromatic heterocycles. The second-order valence-corrected chi connectivity index (χ2v) is 5.65. The third-order valence-corrected chi connectivity index (χ3v) is 4.14. The van der Waals surface area contributed by atoms with Crippen LogP contribution >= 0.6 is 0 Å². The van der Waals surface area contributed by atoms with Gasteiger partial charge in [-0.3, -0.25) is 0 Å². The predicted octanol–water partition coefficient (Wildman–Crippen LogP) is 1.46. The Morgan fingerprint density at radius 2 is 1.94 bits per heavy atom. The average molecular weight is 253 g/mol. The molecule has 0 amide bonds. The van der Waals surface area contributed by atoms with Crippen LogP contribution in [0.4, 0.5) is 0 Å². The summed E-state index contributed by atoms with van der Waals surface area (Å²) in [6.07, 6.45) is 1.30. The van der Waals surface area contributed by atoms with E-state index in [4.69, 9.17) is 9.84 Å². The third-order valence-electron chi connectivity index (χ3n) is 2.34. The summed E-state index contributed by atoms with van der Waals surface area (Å²) < 4.78 is 28.6. The van der Waals surface area contributed by atoms with Crippen LogP contribution < -0.4 is 4.74 Å². The molecule has 0 radical (unpaired) electrons. The highest BCUT2D eigenvalue weighted by molar-refractivity contribution is 8.09. The quantitative estimate of drug-likeness (QED) is 0.884. The van der Waals surface area contributed by atoms with Gasteiger partial charge < -0.3 is 9.84 Å². The minimum Gasteiger partial charge on any atom is -0.508 e. The predicted molar refractivity (Wildman–Crippen MR) is 63.7 cm³/mol. The first-order chi connectivity index (χ1) is 8.00. The number of aromatic hydroxyl groups is 1. The van der Waals surface area contributed by atoms with Crippen LogP contribution in [-0.2, 0) is 9.84 Å². The lowest BCUT2D eigenvalue weighted by atomic mass is 10.3. The van der Waals surface area contributed by atoms with E-state index < -0.39 is 9.84 Å². The van der Waals surface area contributed by atoms with Gasteiger partial charge in [0.1, 0.15) is 28.1 Å². The summed E-state index contributed by atoms with van der Waals surface area (Å²) in [7, 11) is -3.41. The number of hydrogen-bond acceptors (Lipinski definition) is 5. The van der Waals surface area contributed by atoms with Gasteiger partial charge in [0.2, 0.25) is 9.84 Å². The maximum absolute atomic E-state index is 11.6. The molecule has 2 rings (SSSR count). The Hall–Kier alpha value is -1.82. The molecule has 0 saturated heterocycles. The molecule has 1 aromatic carbocycles. The van der Waals surface area contributed by atoms with Gasteiger partial charge in [-0.2, -0.15) is 0 Å². The maximum Gasteiger partial charge on any atom is 0.220 e. The molecule has 17 heavy (non-hydrogen) atoms. The minimum atomic E-state index is -3.41. The van der Waals surface area contributed by atoms with E-state index in [0.717, 1.165) is 0 Å². The molecule has 90 valence electrons. The van der Waals surface area contributed by atoms with Gasteiger partial charge in [0.25, 0.3) is 0 Å². The minimum absolute atomic E-state index is 0.0616. The summed E-state index contributed by atoms with van der Waals surface area (Å²) in [5, 5.41) is 9.16. The number of benzene rings is 1. The van der Waals surface area contributed by atoms with Gasteiger partial charge in [-0.05, 0) is 31.2 Å². The third kappa shape index (κ3) is 2.31. The number of hydrogen-bond donors (Lipinski definition) is 1. The molecule has 0 unspecified atom stereocenters. The molecule has 0 spiro atoms. The van der Waals surface area contributed by atoms with Gasteiger partial charge in [-0.15, -0.1) is 0 Å². The Labute approximate surface area is 99.0 Å². The molecule has 0 bridgehead atoms. The van der Waals surface area contributed by atoms with Crippen LogP contribution in [0.15, 0.2) is 40.4 Å². The molecule has 1 aliphatic heterocycles. The van der Waals surface area contributed by atoms with Crippen molar-refractivity contribution < 1.29 is 18.3 Å². The first kappa shape index (κ1) is 11.7. The average Bonchev–Trinajstić information content (AvgIpc) is 2.54. The van der Waals surface area contributed by atoms with E-state index in [2.05, 4.69) is 4.99 Å². The van der Waals surface area contributed by atoms with Gasteiger partial charge in [-0.25, -0.2) is 13.4 Å². The molecule has 1 heterocycles. The van der Waals surface area contributed by atoms with Crippen molar-refractivity contribution in [2.45, 2.75) is 6.92 Å². The highest BCUT2D eigenvalue weighted by Gasteiger charge is 2.26. The molecule has 0 saturated carbocycles. The van der Waals surface area contributed by atoms with Crippen molar-refractivity contribution in [2.75, 3.05) is 6.61 Å². The summed E-state index contributed by atoms with van der Waals surface area (Å²) in [5.74, 6) is 0.618. The van der Waals surface area contributed by atoms with Crippen molar-refractivity contribution >= 4 is 14.9 Å². The summed E-state index contributed by atoms with van der Waals surface area (Å²) in [6.45, 7) is 1.38. The summed E-state index contributed by atoms with van der Waals surface area (Å²) in [5.41, 5.74) is 0. The van der Waals surface area contributed by atoms with Crippen LogP contribution in [0.5, 0.6) is 11.5 Å². The molecule has 0 atom stereocenters.